The van der Waals surface area contributed by atoms with Gasteiger partial charge in [-0.1, -0.05) is 47.8 Å². The van der Waals surface area contributed by atoms with E-state index in [0.717, 1.165) is 45.8 Å². The number of para-hydroxylation sites is 1. The highest BCUT2D eigenvalue weighted by molar-refractivity contribution is 8.00. The first kappa shape index (κ1) is 20.7. The van der Waals surface area contributed by atoms with Gasteiger partial charge >= 0.3 is 0 Å². The summed E-state index contributed by atoms with van der Waals surface area (Å²) in [5, 5.41) is 9.55. The Morgan fingerprint density at radius 1 is 1.10 bits per heavy atom. The first-order valence-corrected chi connectivity index (χ1v) is 13.2. The third kappa shape index (κ3) is 4.42. The van der Waals surface area contributed by atoms with Crippen molar-refractivity contribution < 1.29 is 4.79 Å². The fourth-order valence-electron chi connectivity index (χ4n) is 3.85. The molecule has 0 atom stereocenters. The van der Waals surface area contributed by atoms with Gasteiger partial charge in [-0.25, -0.2) is 4.98 Å². The Balaban J connectivity index is 1.23. The van der Waals surface area contributed by atoms with E-state index in [1.165, 1.54) is 34.0 Å². The SMILES string of the molecule is CCn1c(CSc2nc3ccccc3s2)nnc1SCC(=O)c1ccc2c(c1)CCC2. The van der Waals surface area contributed by atoms with Gasteiger partial charge in [0.1, 0.15) is 5.82 Å². The minimum absolute atomic E-state index is 0.149. The Kier molecular flexibility index (Phi) is 6.11. The number of thiazole rings is 1. The normalized spacial score (nSPS) is 13.1. The molecular formula is C23H22N4OS3. The average molecular weight is 467 g/mol. The summed E-state index contributed by atoms with van der Waals surface area (Å²) in [6, 6.07) is 14.4. The van der Waals surface area contributed by atoms with Crippen LogP contribution in [0.3, 0.4) is 0 Å². The van der Waals surface area contributed by atoms with Crippen molar-refractivity contribution in [3.8, 4) is 0 Å². The van der Waals surface area contributed by atoms with Crippen LogP contribution < -0.4 is 0 Å². The number of carbonyl (C=O) groups excluding carboxylic acids is 1. The van der Waals surface area contributed by atoms with Crippen LogP contribution in [-0.4, -0.2) is 31.3 Å². The first-order valence-electron chi connectivity index (χ1n) is 10.4. The Bertz CT molecular complexity index is 1210. The predicted molar refractivity (Wildman–Crippen MR) is 128 cm³/mol. The van der Waals surface area contributed by atoms with Crippen LogP contribution in [0.2, 0.25) is 0 Å². The molecule has 0 saturated carbocycles. The molecule has 8 heteroatoms. The van der Waals surface area contributed by atoms with E-state index in [9.17, 15) is 4.79 Å². The van der Waals surface area contributed by atoms with Crippen LogP contribution in [0.15, 0.2) is 52.0 Å². The summed E-state index contributed by atoms with van der Waals surface area (Å²) in [7, 11) is 0. The van der Waals surface area contributed by atoms with Crippen molar-refractivity contribution in [2.75, 3.05) is 5.75 Å². The molecule has 0 spiro atoms. The molecule has 31 heavy (non-hydrogen) atoms. The van der Waals surface area contributed by atoms with Crippen LogP contribution in [0.4, 0.5) is 0 Å². The molecule has 0 fully saturated rings. The number of thioether (sulfide) groups is 2. The second kappa shape index (κ2) is 9.14. The monoisotopic (exact) mass is 466 g/mol. The highest BCUT2D eigenvalue weighted by Gasteiger charge is 2.17. The van der Waals surface area contributed by atoms with Gasteiger partial charge in [0.25, 0.3) is 0 Å². The lowest BCUT2D eigenvalue weighted by molar-refractivity contribution is 0.102. The third-order valence-corrected chi connectivity index (χ3v) is 8.60. The van der Waals surface area contributed by atoms with Gasteiger partial charge in [0.05, 0.1) is 21.7 Å². The van der Waals surface area contributed by atoms with Gasteiger partial charge < -0.3 is 4.57 Å². The Morgan fingerprint density at radius 2 is 1.97 bits per heavy atom. The van der Waals surface area contributed by atoms with Gasteiger partial charge in [0, 0.05) is 12.1 Å². The van der Waals surface area contributed by atoms with E-state index >= 15 is 0 Å². The number of benzene rings is 2. The molecule has 2 aromatic carbocycles. The maximum absolute atomic E-state index is 12.7. The largest absolute Gasteiger partial charge is 0.306 e. The van der Waals surface area contributed by atoms with Crippen molar-refractivity contribution in [2.45, 2.75) is 48.0 Å². The number of aryl methyl sites for hydroxylation is 2. The van der Waals surface area contributed by atoms with Crippen molar-refractivity contribution >= 4 is 50.9 Å². The Morgan fingerprint density at radius 3 is 2.84 bits per heavy atom. The molecule has 0 saturated heterocycles. The van der Waals surface area contributed by atoms with E-state index in [1.54, 1.807) is 23.1 Å². The molecule has 0 N–H and O–H groups in total. The molecule has 0 bridgehead atoms. The van der Waals surface area contributed by atoms with Gasteiger partial charge in [0.2, 0.25) is 0 Å². The molecule has 2 heterocycles. The van der Waals surface area contributed by atoms with Gasteiger partial charge in [-0.3, -0.25) is 4.79 Å². The fourth-order valence-corrected chi connectivity index (χ4v) is 6.77. The van der Waals surface area contributed by atoms with E-state index < -0.39 is 0 Å². The van der Waals surface area contributed by atoms with Crippen LogP contribution in [-0.2, 0) is 25.1 Å². The highest BCUT2D eigenvalue weighted by atomic mass is 32.2. The van der Waals surface area contributed by atoms with Crippen LogP contribution in [0.5, 0.6) is 0 Å². The lowest BCUT2D eigenvalue weighted by Crippen LogP contribution is -2.06. The minimum Gasteiger partial charge on any atom is -0.306 e. The van der Waals surface area contributed by atoms with Crippen LogP contribution in [0, 0.1) is 0 Å². The number of Topliss-reactive ketones (excluding diaryl/α,β-unsaturated/α-hetero) is 1. The predicted octanol–water partition coefficient (Wildman–Crippen LogP) is 5.66. The number of rotatable bonds is 8. The summed E-state index contributed by atoms with van der Waals surface area (Å²) in [6.07, 6.45) is 3.42. The van der Waals surface area contributed by atoms with Crippen LogP contribution in [0.1, 0.15) is 40.7 Å². The zero-order valence-corrected chi connectivity index (χ0v) is 19.7. The van der Waals surface area contributed by atoms with Crippen LogP contribution >= 0.6 is 34.9 Å². The quantitative estimate of drug-likeness (QED) is 0.246. The maximum atomic E-state index is 12.7. The molecule has 5 nitrogen and oxygen atoms in total. The lowest BCUT2D eigenvalue weighted by Gasteiger charge is -2.07. The smallest absolute Gasteiger partial charge is 0.191 e. The fraction of sp³-hybridized carbons (Fsp3) is 0.304. The summed E-state index contributed by atoms with van der Waals surface area (Å²) in [4.78, 5) is 17.4. The second-order valence-corrected chi connectivity index (χ2v) is 10.6. The molecule has 158 valence electrons. The van der Waals surface area contributed by atoms with Gasteiger partial charge in [0.15, 0.2) is 15.3 Å². The molecule has 0 radical (unpaired) electrons. The van der Waals surface area contributed by atoms with Gasteiger partial charge in [-0.15, -0.1) is 21.5 Å². The number of hydrogen-bond acceptors (Lipinski definition) is 7. The molecule has 0 aliphatic heterocycles. The second-order valence-electron chi connectivity index (χ2n) is 7.43. The molecule has 4 aromatic rings. The molecular weight excluding hydrogens is 444 g/mol. The van der Waals surface area contributed by atoms with Crippen molar-refractivity contribution in [2.24, 2.45) is 0 Å². The van der Waals surface area contributed by atoms with Crippen molar-refractivity contribution in [1.29, 1.82) is 0 Å². The number of fused-ring (bicyclic) bond motifs is 2. The number of nitrogens with zero attached hydrogens (tertiary/aromatic N) is 4. The number of aromatic nitrogens is 4. The third-order valence-electron chi connectivity index (χ3n) is 5.46. The van der Waals surface area contributed by atoms with E-state index in [2.05, 4.69) is 44.9 Å². The topological polar surface area (TPSA) is 60.7 Å². The van der Waals surface area contributed by atoms with Crippen molar-refractivity contribution in [3.05, 3.63) is 65.0 Å². The summed E-state index contributed by atoms with van der Waals surface area (Å²) < 4.78 is 4.33. The van der Waals surface area contributed by atoms with Gasteiger partial charge in [-0.05, 0) is 55.5 Å². The number of hydrogen-bond donors (Lipinski definition) is 0. The van der Waals surface area contributed by atoms with E-state index in [1.807, 2.05) is 24.3 Å². The minimum atomic E-state index is 0.149. The lowest BCUT2D eigenvalue weighted by atomic mass is 10.0. The summed E-state index contributed by atoms with van der Waals surface area (Å²) in [6.45, 7) is 2.86. The van der Waals surface area contributed by atoms with E-state index in [0.29, 0.717) is 11.5 Å². The van der Waals surface area contributed by atoms with Crippen LogP contribution in [0.25, 0.3) is 10.2 Å². The average Bonchev–Trinajstić information content (AvgIpc) is 3.52. The molecule has 2 aromatic heterocycles. The molecule has 1 aliphatic rings. The van der Waals surface area contributed by atoms with E-state index in [-0.39, 0.29) is 5.78 Å². The summed E-state index contributed by atoms with van der Waals surface area (Å²) >= 11 is 4.86. The summed E-state index contributed by atoms with van der Waals surface area (Å²) in [5.41, 5.74) is 4.57. The first-order chi connectivity index (χ1) is 15.2. The Labute approximate surface area is 193 Å². The molecule has 1 aliphatic carbocycles. The summed E-state index contributed by atoms with van der Waals surface area (Å²) in [5.74, 6) is 2.15. The zero-order valence-electron chi connectivity index (χ0n) is 17.2. The molecule has 0 amide bonds. The van der Waals surface area contributed by atoms with Crippen molar-refractivity contribution in [1.82, 2.24) is 19.7 Å². The number of carbonyl (C=O) groups is 1. The highest BCUT2D eigenvalue weighted by Crippen LogP contribution is 2.32. The zero-order chi connectivity index (χ0) is 21.2. The standard InChI is InChI=1S/C23H22N4OS3/c1-2-27-21(14-30-23-24-18-8-3-4-9-20(18)31-23)25-26-22(27)29-13-19(28)17-11-10-15-6-5-7-16(15)12-17/h3-4,8-12H,2,5-7,13-14H2,1H3. The van der Waals surface area contributed by atoms with Crippen molar-refractivity contribution in [3.63, 3.8) is 0 Å². The molecule has 0 unspecified atom stereocenters. The maximum Gasteiger partial charge on any atom is 0.191 e. The number of ketones is 1. The Hall–Kier alpha value is -2.16. The molecule has 5 rings (SSSR count). The van der Waals surface area contributed by atoms with E-state index in [4.69, 9.17) is 0 Å². The van der Waals surface area contributed by atoms with Gasteiger partial charge in [-0.2, -0.15) is 0 Å².